The van der Waals surface area contributed by atoms with Gasteiger partial charge in [0.25, 0.3) is 5.85 Å². The second-order valence-electron chi connectivity index (χ2n) is 2.46. The number of hydrogen-bond donors (Lipinski definition) is 3. The molecule has 3 N–H and O–H groups in total. The zero-order valence-corrected chi connectivity index (χ0v) is 5.64. The quantitative estimate of drug-likeness (QED) is 0.386. The topological polar surface area (TPSA) is 69.9 Å². The van der Waals surface area contributed by atoms with Crippen LogP contribution in [0.3, 0.4) is 0 Å². The molecule has 0 spiro atoms. The molecule has 1 saturated heterocycles. The van der Waals surface area contributed by atoms with E-state index in [1.807, 2.05) is 0 Å². The van der Waals surface area contributed by atoms with Gasteiger partial charge in [0.15, 0.2) is 0 Å². The Morgan fingerprint density at radius 1 is 1.55 bits per heavy atom. The Hall–Kier alpha value is -0.165. The first-order valence-electron chi connectivity index (χ1n) is 3.10. The van der Waals surface area contributed by atoms with Crippen LogP contribution in [-0.4, -0.2) is 53.8 Å². The van der Waals surface area contributed by atoms with E-state index in [1.54, 1.807) is 0 Å². The summed E-state index contributed by atoms with van der Waals surface area (Å²) in [5, 5.41) is 26.2. The first-order chi connectivity index (χ1) is 5.01. The van der Waals surface area contributed by atoms with E-state index in [0.29, 0.717) is 0 Å². The van der Waals surface area contributed by atoms with E-state index >= 15 is 0 Å². The van der Waals surface area contributed by atoms with Crippen molar-refractivity contribution in [3.05, 3.63) is 0 Å². The minimum Gasteiger partial charge on any atom is -0.390 e. The lowest BCUT2D eigenvalue weighted by molar-refractivity contribution is -0.186. The maximum Gasteiger partial charge on any atom is 0.260 e. The molecule has 4 nitrogen and oxygen atoms in total. The standard InChI is InChI=1S/C5H8BFO4/c6-4-2(9)3(10)5(7,1-8)11-4/h2-4,8-10H,1H2. The molecule has 1 fully saturated rings. The Morgan fingerprint density at radius 3 is 2.27 bits per heavy atom. The Kier molecular flexibility index (Phi) is 2.20. The molecule has 0 aromatic heterocycles. The summed E-state index contributed by atoms with van der Waals surface area (Å²) in [5.41, 5.74) is 0. The van der Waals surface area contributed by atoms with Gasteiger partial charge in [-0.1, -0.05) is 0 Å². The number of aliphatic hydroxyl groups excluding tert-OH is 3. The van der Waals surface area contributed by atoms with Crippen molar-refractivity contribution < 1.29 is 24.4 Å². The minimum atomic E-state index is -2.63. The second-order valence-corrected chi connectivity index (χ2v) is 2.46. The molecule has 0 bridgehead atoms. The van der Waals surface area contributed by atoms with Crippen molar-refractivity contribution in [2.75, 3.05) is 6.61 Å². The van der Waals surface area contributed by atoms with Gasteiger partial charge in [-0.05, 0) is 0 Å². The van der Waals surface area contributed by atoms with Crippen molar-refractivity contribution >= 4 is 7.85 Å². The zero-order valence-electron chi connectivity index (χ0n) is 5.64. The number of alkyl halides is 1. The lowest BCUT2D eigenvalue weighted by Gasteiger charge is -2.19. The predicted octanol–water partition coefficient (Wildman–Crippen LogP) is -2.11. The summed E-state index contributed by atoms with van der Waals surface area (Å²) in [6.07, 6.45) is -3.28. The van der Waals surface area contributed by atoms with Crippen LogP contribution in [-0.2, 0) is 4.74 Å². The van der Waals surface area contributed by atoms with Crippen molar-refractivity contribution in [2.24, 2.45) is 0 Å². The van der Waals surface area contributed by atoms with Gasteiger partial charge in [0.1, 0.15) is 26.7 Å². The molecule has 4 atom stereocenters. The molecule has 11 heavy (non-hydrogen) atoms. The van der Waals surface area contributed by atoms with Crippen molar-refractivity contribution in [3.8, 4) is 0 Å². The van der Waals surface area contributed by atoms with Crippen molar-refractivity contribution in [1.82, 2.24) is 0 Å². The fraction of sp³-hybridized carbons (Fsp3) is 1.00. The van der Waals surface area contributed by atoms with E-state index in [4.69, 9.17) is 23.2 Å². The molecule has 1 aliphatic heterocycles. The molecular formula is C5H8BFO4. The molecule has 4 unspecified atom stereocenters. The highest BCUT2D eigenvalue weighted by Gasteiger charge is 2.52. The Morgan fingerprint density at radius 2 is 2.09 bits per heavy atom. The summed E-state index contributed by atoms with van der Waals surface area (Å²) in [7, 11) is 5.04. The van der Waals surface area contributed by atoms with Crippen LogP contribution in [0.1, 0.15) is 0 Å². The van der Waals surface area contributed by atoms with E-state index in [2.05, 4.69) is 4.74 Å². The fourth-order valence-electron chi connectivity index (χ4n) is 0.931. The van der Waals surface area contributed by atoms with Gasteiger partial charge in [-0.2, -0.15) is 0 Å². The maximum absolute atomic E-state index is 13.0. The highest BCUT2D eigenvalue weighted by molar-refractivity contribution is 6.11. The molecular weight excluding hydrogens is 154 g/mol. The van der Waals surface area contributed by atoms with Gasteiger partial charge in [0, 0.05) is 6.00 Å². The van der Waals surface area contributed by atoms with Crippen LogP contribution in [0.4, 0.5) is 4.39 Å². The largest absolute Gasteiger partial charge is 0.390 e. The van der Waals surface area contributed by atoms with Gasteiger partial charge in [-0.3, -0.25) is 0 Å². The SMILES string of the molecule is [B]C1OC(F)(CO)C(O)C1O. The summed E-state index contributed by atoms with van der Waals surface area (Å²) >= 11 is 0. The normalized spacial score (nSPS) is 51.5. The van der Waals surface area contributed by atoms with Gasteiger partial charge in [-0.15, -0.1) is 0 Å². The van der Waals surface area contributed by atoms with Crippen molar-refractivity contribution in [3.63, 3.8) is 0 Å². The van der Waals surface area contributed by atoms with Crippen LogP contribution < -0.4 is 0 Å². The van der Waals surface area contributed by atoms with Crippen molar-refractivity contribution in [1.29, 1.82) is 0 Å². The van der Waals surface area contributed by atoms with E-state index in [9.17, 15) is 4.39 Å². The van der Waals surface area contributed by atoms with Crippen molar-refractivity contribution in [2.45, 2.75) is 24.1 Å². The molecule has 1 heterocycles. The maximum atomic E-state index is 13.0. The average Bonchev–Trinajstić information content (AvgIpc) is 2.17. The first kappa shape index (κ1) is 8.93. The molecule has 0 aliphatic carbocycles. The average molecular weight is 162 g/mol. The van der Waals surface area contributed by atoms with E-state index in [0.717, 1.165) is 0 Å². The summed E-state index contributed by atoms with van der Waals surface area (Å²) < 4.78 is 17.3. The highest BCUT2D eigenvalue weighted by atomic mass is 19.2. The first-order valence-corrected chi connectivity index (χ1v) is 3.10. The van der Waals surface area contributed by atoms with Crippen LogP contribution in [0, 0.1) is 0 Å². The van der Waals surface area contributed by atoms with Crippen LogP contribution in [0.25, 0.3) is 0 Å². The molecule has 0 amide bonds. The molecule has 2 radical (unpaired) electrons. The van der Waals surface area contributed by atoms with Gasteiger partial charge in [-0.25, -0.2) is 4.39 Å². The molecule has 0 saturated carbocycles. The zero-order chi connectivity index (χ0) is 8.65. The molecule has 0 aromatic carbocycles. The summed E-state index contributed by atoms with van der Waals surface area (Å²) in [6, 6.07) is -1.29. The van der Waals surface area contributed by atoms with Gasteiger partial charge in [0.2, 0.25) is 0 Å². The van der Waals surface area contributed by atoms with E-state index in [-0.39, 0.29) is 0 Å². The van der Waals surface area contributed by atoms with E-state index in [1.165, 1.54) is 0 Å². The van der Waals surface area contributed by atoms with E-state index < -0.39 is 30.7 Å². The number of hydrogen-bond acceptors (Lipinski definition) is 4. The number of aliphatic hydroxyl groups is 3. The monoisotopic (exact) mass is 162 g/mol. The number of ether oxygens (including phenoxy) is 1. The predicted molar refractivity (Wildman–Crippen MR) is 33.6 cm³/mol. The second kappa shape index (κ2) is 2.71. The third-order valence-electron chi connectivity index (χ3n) is 1.65. The Balaban J connectivity index is 2.73. The van der Waals surface area contributed by atoms with Crippen LogP contribution in [0.2, 0.25) is 0 Å². The Bertz CT molecular complexity index is 157. The third kappa shape index (κ3) is 1.27. The minimum absolute atomic E-state index is 1.03. The van der Waals surface area contributed by atoms with Crippen LogP contribution >= 0.6 is 0 Å². The summed E-state index contributed by atoms with van der Waals surface area (Å²) in [5.74, 6) is -2.63. The third-order valence-corrected chi connectivity index (χ3v) is 1.65. The lowest BCUT2D eigenvalue weighted by atomic mass is 9.93. The molecule has 1 aliphatic rings. The Labute approximate surface area is 64.0 Å². The summed E-state index contributed by atoms with van der Waals surface area (Å²) in [6.45, 7) is -1.03. The lowest BCUT2D eigenvalue weighted by Crippen LogP contribution is -2.42. The molecule has 62 valence electrons. The van der Waals surface area contributed by atoms with Gasteiger partial charge >= 0.3 is 0 Å². The molecule has 0 aromatic rings. The molecule has 6 heteroatoms. The van der Waals surface area contributed by atoms with Gasteiger partial charge < -0.3 is 20.1 Å². The number of rotatable bonds is 1. The van der Waals surface area contributed by atoms with Gasteiger partial charge in [0.05, 0.1) is 0 Å². The smallest absolute Gasteiger partial charge is 0.260 e. The summed E-state index contributed by atoms with van der Waals surface area (Å²) in [4.78, 5) is 0. The molecule has 1 rings (SSSR count). The number of halogens is 1. The highest BCUT2D eigenvalue weighted by Crippen LogP contribution is 2.30. The fourth-order valence-corrected chi connectivity index (χ4v) is 0.931. The van der Waals surface area contributed by atoms with Crippen LogP contribution in [0.15, 0.2) is 0 Å². The van der Waals surface area contributed by atoms with Crippen LogP contribution in [0.5, 0.6) is 0 Å².